The van der Waals surface area contributed by atoms with E-state index in [2.05, 4.69) is 15.2 Å². The number of H-pyrrole nitrogens is 2. The molecule has 7 heteroatoms. The number of hydrogen-bond donors (Lipinski definition) is 2. The van der Waals surface area contributed by atoms with E-state index >= 15 is 0 Å². The van der Waals surface area contributed by atoms with Crippen molar-refractivity contribution in [1.82, 2.24) is 20.1 Å². The minimum absolute atomic E-state index is 0.0152. The molecule has 1 aromatic carbocycles. The fourth-order valence-corrected chi connectivity index (χ4v) is 3.09. The second-order valence-corrected chi connectivity index (χ2v) is 6.07. The molecule has 0 bridgehead atoms. The Kier molecular flexibility index (Phi) is 4.69. The summed E-state index contributed by atoms with van der Waals surface area (Å²) in [5.41, 5.74) is 1.33. The fraction of sp³-hybridized carbons (Fsp3) is 0.471. The van der Waals surface area contributed by atoms with Gasteiger partial charge in [-0.2, -0.15) is 5.10 Å². The number of benzene rings is 1. The highest BCUT2D eigenvalue weighted by atomic mass is 16.5. The molecule has 1 unspecified atom stereocenters. The molecule has 3 rings (SSSR count). The lowest BCUT2D eigenvalue weighted by atomic mass is 9.96. The van der Waals surface area contributed by atoms with Gasteiger partial charge in [-0.05, 0) is 44.4 Å². The molecule has 0 saturated carbocycles. The van der Waals surface area contributed by atoms with Crippen molar-refractivity contribution in [1.29, 1.82) is 0 Å². The van der Waals surface area contributed by atoms with Gasteiger partial charge in [-0.15, -0.1) is 0 Å². The fourth-order valence-electron chi connectivity index (χ4n) is 3.09. The molecule has 1 aromatic heterocycles. The van der Waals surface area contributed by atoms with Gasteiger partial charge in [-0.3, -0.25) is 9.78 Å². The maximum absolute atomic E-state index is 12.8. The second-order valence-electron chi connectivity index (χ2n) is 6.07. The van der Waals surface area contributed by atoms with Gasteiger partial charge in [-0.25, -0.2) is 9.89 Å². The minimum Gasteiger partial charge on any atom is -0.494 e. The predicted molar refractivity (Wildman–Crippen MR) is 89.4 cm³/mol. The maximum Gasteiger partial charge on any atom is 0.340 e. The molecule has 0 spiro atoms. The van der Waals surface area contributed by atoms with Crippen molar-refractivity contribution >= 4 is 5.91 Å². The first-order valence-electron chi connectivity index (χ1n) is 8.25. The van der Waals surface area contributed by atoms with Crippen LogP contribution in [-0.4, -0.2) is 45.7 Å². The number of rotatable bonds is 4. The molecule has 0 radical (unpaired) electrons. The summed E-state index contributed by atoms with van der Waals surface area (Å²) in [6, 6.07) is 5.55. The van der Waals surface area contributed by atoms with Crippen molar-refractivity contribution in [3.63, 3.8) is 0 Å². The molecule has 128 valence electrons. The molecule has 2 N–H and O–H groups in total. The third kappa shape index (κ3) is 3.34. The van der Waals surface area contributed by atoms with Crippen molar-refractivity contribution in [2.24, 2.45) is 0 Å². The van der Waals surface area contributed by atoms with Gasteiger partial charge >= 0.3 is 5.69 Å². The zero-order chi connectivity index (χ0) is 17.1. The summed E-state index contributed by atoms with van der Waals surface area (Å²) in [6.07, 6.45) is 1.79. The highest BCUT2D eigenvalue weighted by Gasteiger charge is 2.27. The molecule has 1 amide bonds. The molecule has 7 nitrogen and oxygen atoms in total. The Morgan fingerprint density at radius 2 is 2.29 bits per heavy atom. The summed E-state index contributed by atoms with van der Waals surface area (Å²) in [5.74, 6) is 1.40. The Labute approximate surface area is 140 Å². The summed E-state index contributed by atoms with van der Waals surface area (Å²) in [5, 5.41) is 6.39. The van der Waals surface area contributed by atoms with Crippen LogP contribution >= 0.6 is 0 Å². The Bertz CT molecular complexity index is 780. The molecule has 2 heterocycles. The van der Waals surface area contributed by atoms with E-state index in [1.165, 1.54) is 0 Å². The normalized spacial score (nSPS) is 17.8. The summed E-state index contributed by atoms with van der Waals surface area (Å²) in [7, 11) is 0. The van der Waals surface area contributed by atoms with Crippen LogP contribution in [0.15, 0.2) is 23.0 Å². The standard InChI is InChI=1S/C17H22N4O3/c1-3-24-14-9-12(7-6-11(14)2)16(22)21-8-4-5-13(10-21)15-18-17(23)20-19-15/h6-7,9,13H,3-5,8,10H2,1-2H3,(H2,18,19,20,23). The van der Waals surface area contributed by atoms with Crippen LogP contribution in [0.2, 0.25) is 0 Å². The lowest BCUT2D eigenvalue weighted by molar-refractivity contribution is 0.0704. The summed E-state index contributed by atoms with van der Waals surface area (Å²) < 4.78 is 5.58. The molecule has 0 aliphatic carbocycles. The SMILES string of the molecule is CCOc1cc(C(=O)N2CCCC(c3n[nH]c(=O)[nH]3)C2)ccc1C. The second kappa shape index (κ2) is 6.90. The van der Waals surface area contributed by atoms with Gasteiger partial charge < -0.3 is 9.64 Å². The maximum atomic E-state index is 12.8. The van der Waals surface area contributed by atoms with Crippen molar-refractivity contribution in [2.75, 3.05) is 19.7 Å². The van der Waals surface area contributed by atoms with Crippen LogP contribution in [0.5, 0.6) is 5.75 Å². The Balaban J connectivity index is 1.77. The van der Waals surface area contributed by atoms with Crippen molar-refractivity contribution in [3.05, 3.63) is 45.6 Å². The molecular formula is C17H22N4O3. The average Bonchev–Trinajstić information content (AvgIpc) is 3.03. The minimum atomic E-state index is -0.312. The van der Waals surface area contributed by atoms with Crippen molar-refractivity contribution in [3.8, 4) is 5.75 Å². The van der Waals surface area contributed by atoms with Gasteiger partial charge in [0.25, 0.3) is 5.91 Å². The van der Waals surface area contributed by atoms with Gasteiger partial charge in [0.2, 0.25) is 0 Å². The largest absolute Gasteiger partial charge is 0.494 e. The number of nitrogens with zero attached hydrogens (tertiary/aromatic N) is 2. The summed E-state index contributed by atoms with van der Waals surface area (Å²) >= 11 is 0. The zero-order valence-corrected chi connectivity index (χ0v) is 14.0. The van der Waals surface area contributed by atoms with Gasteiger partial charge in [0.1, 0.15) is 11.6 Å². The van der Waals surface area contributed by atoms with Gasteiger partial charge in [0, 0.05) is 24.6 Å². The van der Waals surface area contributed by atoms with Crippen LogP contribution in [0.1, 0.15) is 47.4 Å². The molecule has 24 heavy (non-hydrogen) atoms. The lowest BCUT2D eigenvalue weighted by Gasteiger charge is -2.31. The number of hydrogen-bond acceptors (Lipinski definition) is 4. The Morgan fingerprint density at radius 1 is 1.46 bits per heavy atom. The van der Waals surface area contributed by atoms with Crippen LogP contribution < -0.4 is 10.4 Å². The first-order valence-corrected chi connectivity index (χ1v) is 8.25. The number of piperidine rings is 1. The van der Waals surface area contributed by atoms with E-state index in [0.717, 1.165) is 24.2 Å². The molecular weight excluding hydrogens is 308 g/mol. The number of aromatic nitrogens is 3. The van der Waals surface area contributed by atoms with E-state index in [1.54, 1.807) is 6.07 Å². The van der Waals surface area contributed by atoms with Crippen molar-refractivity contribution < 1.29 is 9.53 Å². The first kappa shape index (κ1) is 16.3. The smallest absolute Gasteiger partial charge is 0.340 e. The van der Waals surface area contributed by atoms with E-state index in [0.29, 0.717) is 31.1 Å². The van der Waals surface area contributed by atoms with Crippen LogP contribution in [0.4, 0.5) is 0 Å². The molecule has 1 saturated heterocycles. The van der Waals surface area contributed by atoms with Crippen LogP contribution in [-0.2, 0) is 0 Å². The monoisotopic (exact) mass is 330 g/mol. The number of nitrogens with one attached hydrogen (secondary N) is 2. The zero-order valence-electron chi connectivity index (χ0n) is 14.0. The average molecular weight is 330 g/mol. The molecule has 1 fully saturated rings. The quantitative estimate of drug-likeness (QED) is 0.894. The summed E-state index contributed by atoms with van der Waals surface area (Å²) in [4.78, 5) is 28.6. The topological polar surface area (TPSA) is 91.1 Å². The highest BCUT2D eigenvalue weighted by molar-refractivity contribution is 5.94. The van der Waals surface area contributed by atoms with E-state index in [-0.39, 0.29) is 17.5 Å². The third-order valence-electron chi connectivity index (χ3n) is 4.35. The number of carbonyl (C=O) groups is 1. The van der Waals surface area contributed by atoms with Gasteiger partial charge in [-0.1, -0.05) is 6.07 Å². The number of likely N-dealkylation sites (tertiary alicyclic amines) is 1. The van der Waals surface area contributed by atoms with E-state index < -0.39 is 0 Å². The van der Waals surface area contributed by atoms with E-state index in [9.17, 15) is 9.59 Å². The van der Waals surface area contributed by atoms with Crippen molar-refractivity contribution in [2.45, 2.75) is 32.6 Å². The van der Waals surface area contributed by atoms with Crippen LogP contribution in [0.25, 0.3) is 0 Å². The number of carbonyl (C=O) groups excluding carboxylic acids is 1. The number of ether oxygens (including phenoxy) is 1. The highest BCUT2D eigenvalue weighted by Crippen LogP contribution is 2.26. The van der Waals surface area contributed by atoms with E-state index in [1.807, 2.05) is 30.9 Å². The van der Waals surface area contributed by atoms with Crippen LogP contribution in [0, 0.1) is 6.92 Å². The third-order valence-corrected chi connectivity index (χ3v) is 4.35. The lowest BCUT2D eigenvalue weighted by Crippen LogP contribution is -2.39. The van der Waals surface area contributed by atoms with Gasteiger partial charge in [0.15, 0.2) is 0 Å². The molecule has 1 atom stereocenters. The molecule has 1 aliphatic heterocycles. The summed E-state index contributed by atoms with van der Waals surface area (Å²) in [6.45, 7) is 5.72. The predicted octanol–water partition coefficient (Wildman–Crippen LogP) is 1.82. The van der Waals surface area contributed by atoms with Gasteiger partial charge in [0.05, 0.1) is 6.61 Å². The number of amides is 1. The number of aromatic amines is 2. The molecule has 1 aliphatic rings. The Hall–Kier alpha value is -2.57. The molecule has 2 aromatic rings. The van der Waals surface area contributed by atoms with E-state index in [4.69, 9.17) is 4.74 Å². The number of aryl methyl sites for hydroxylation is 1. The van der Waals surface area contributed by atoms with Crippen LogP contribution in [0.3, 0.4) is 0 Å². The Morgan fingerprint density at radius 3 is 3.00 bits per heavy atom. The first-order chi connectivity index (χ1) is 11.6.